The first-order valence-electron chi connectivity index (χ1n) is 5.70. The minimum Gasteiger partial charge on any atom is -0.340 e. The Hall–Kier alpha value is -0.390. The van der Waals surface area contributed by atoms with E-state index in [9.17, 15) is 4.79 Å². The van der Waals surface area contributed by atoms with E-state index in [-0.39, 0.29) is 11.3 Å². The predicted molar refractivity (Wildman–Crippen MR) is 74.1 cm³/mol. The van der Waals surface area contributed by atoms with Crippen molar-refractivity contribution in [3.05, 3.63) is 20.8 Å². The van der Waals surface area contributed by atoms with Gasteiger partial charge in [0.25, 0.3) is 0 Å². The molecule has 1 aliphatic rings. The molecule has 0 aliphatic heterocycles. The van der Waals surface area contributed by atoms with Crippen LogP contribution in [0.3, 0.4) is 0 Å². The van der Waals surface area contributed by atoms with E-state index in [1.165, 1.54) is 4.88 Å². The number of amides is 1. The molecule has 1 N–H and O–H groups in total. The lowest BCUT2D eigenvalue weighted by molar-refractivity contribution is -0.136. The summed E-state index contributed by atoms with van der Waals surface area (Å²) in [4.78, 5) is 15.4. The lowest BCUT2D eigenvalue weighted by Gasteiger charge is -2.22. The fourth-order valence-electron chi connectivity index (χ4n) is 2.10. The third-order valence-electron chi connectivity index (χ3n) is 3.18. The SMILES string of the molecule is CNCC1(C(=O)N(C)Cc2cc(Br)cs2)CC1. The Balaban J connectivity index is 1.96. The van der Waals surface area contributed by atoms with Gasteiger partial charge >= 0.3 is 0 Å². The quantitative estimate of drug-likeness (QED) is 0.905. The molecule has 17 heavy (non-hydrogen) atoms. The van der Waals surface area contributed by atoms with Gasteiger partial charge in [0, 0.05) is 28.3 Å². The van der Waals surface area contributed by atoms with Crippen molar-refractivity contribution in [1.82, 2.24) is 10.2 Å². The molecule has 1 heterocycles. The highest BCUT2D eigenvalue weighted by Crippen LogP contribution is 2.46. The molecular formula is C12H17BrN2OS. The summed E-state index contributed by atoms with van der Waals surface area (Å²) in [5.74, 6) is 0.274. The first-order chi connectivity index (χ1) is 8.07. The third kappa shape index (κ3) is 2.89. The zero-order valence-corrected chi connectivity index (χ0v) is 12.5. The average Bonchev–Trinajstić information content (AvgIpc) is 2.96. The summed E-state index contributed by atoms with van der Waals surface area (Å²) in [5.41, 5.74) is -0.113. The fourth-order valence-corrected chi connectivity index (χ4v) is 3.61. The molecule has 94 valence electrons. The molecule has 1 aliphatic carbocycles. The van der Waals surface area contributed by atoms with E-state index in [2.05, 4.69) is 27.3 Å². The van der Waals surface area contributed by atoms with Gasteiger partial charge in [-0.3, -0.25) is 4.79 Å². The Kier molecular flexibility index (Phi) is 3.90. The maximum absolute atomic E-state index is 12.3. The number of hydrogen-bond acceptors (Lipinski definition) is 3. The van der Waals surface area contributed by atoms with Gasteiger partial charge in [-0.1, -0.05) is 0 Å². The van der Waals surface area contributed by atoms with E-state index in [4.69, 9.17) is 0 Å². The maximum Gasteiger partial charge on any atom is 0.230 e. The molecule has 0 unspecified atom stereocenters. The second-order valence-electron chi connectivity index (χ2n) is 4.70. The number of halogens is 1. The van der Waals surface area contributed by atoms with Crippen LogP contribution in [-0.4, -0.2) is 31.4 Å². The summed E-state index contributed by atoms with van der Waals surface area (Å²) >= 11 is 5.12. The molecule has 2 rings (SSSR count). The van der Waals surface area contributed by atoms with Gasteiger partial charge in [0.1, 0.15) is 0 Å². The van der Waals surface area contributed by atoms with Crippen LogP contribution in [0.25, 0.3) is 0 Å². The zero-order valence-electron chi connectivity index (χ0n) is 10.1. The summed E-state index contributed by atoms with van der Waals surface area (Å²) in [7, 11) is 3.80. The molecule has 1 aromatic heterocycles. The number of carbonyl (C=O) groups is 1. The van der Waals surface area contributed by atoms with Crippen LogP contribution in [0.5, 0.6) is 0 Å². The Morgan fingerprint density at radius 2 is 2.35 bits per heavy atom. The normalized spacial score (nSPS) is 16.9. The van der Waals surface area contributed by atoms with Crippen LogP contribution in [0.1, 0.15) is 17.7 Å². The molecule has 1 amide bonds. The van der Waals surface area contributed by atoms with Crippen molar-refractivity contribution >= 4 is 33.2 Å². The van der Waals surface area contributed by atoms with Gasteiger partial charge in [0.2, 0.25) is 5.91 Å². The summed E-state index contributed by atoms with van der Waals surface area (Å²) in [6, 6.07) is 2.08. The number of rotatable bonds is 5. The lowest BCUT2D eigenvalue weighted by atomic mass is 10.1. The number of thiophene rings is 1. The van der Waals surface area contributed by atoms with Gasteiger partial charge in [-0.05, 0) is 41.9 Å². The summed E-state index contributed by atoms with van der Waals surface area (Å²) in [6.45, 7) is 1.50. The van der Waals surface area contributed by atoms with Gasteiger partial charge in [-0.2, -0.15) is 0 Å². The Bertz CT molecular complexity index is 414. The topological polar surface area (TPSA) is 32.3 Å². The molecule has 0 saturated heterocycles. The van der Waals surface area contributed by atoms with Crippen molar-refractivity contribution in [1.29, 1.82) is 0 Å². The molecule has 0 spiro atoms. The van der Waals surface area contributed by atoms with Crippen molar-refractivity contribution in [2.24, 2.45) is 5.41 Å². The molecule has 1 aromatic rings. The van der Waals surface area contributed by atoms with Crippen LogP contribution in [0.4, 0.5) is 0 Å². The number of hydrogen-bond donors (Lipinski definition) is 1. The van der Waals surface area contributed by atoms with Gasteiger partial charge < -0.3 is 10.2 Å². The molecule has 0 radical (unpaired) electrons. The molecule has 0 atom stereocenters. The first-order valence-corrected chi connectivity index (χ1v) is 7.38. The van der Waals surface area contributed by atoms with Crippen LogP contribution < -0.4 is 5.32 Å². The predicted octanol–water partition coefficient (Wildman–Crippen LogP) is 2.47. The zero-order chi connectivity index (χ0) is 12.5. The van der Waals surface area contributed by atoms with Crippen LogP contribution in [0.2, 0.25) is 0 Å². The number of carbonyl (C=O) groups excluding carboxylic acids is 1. The first kappa shape index (κ1) is 13.1. The molecular weight excluding hydrogens is 300 g/mol. The molecule has 0 aromatic carbocycles. The summed E-state index contributed by atoms with van der Waals surface area (Å²) < 4.78 is 1.09. The number of nitrogens with one attached hydrogen (secondary N) is 1. The lowest BCUT2D eigenvalue weighted by Crippen LogP contribution is -2.38. The summed E-state index contributed by atoms with van der Waals surface area (Å²) in [5, 5.41) is 5.17. The maximum atomic E-state index is 12.3. The number of nitrogens with zero attached hydrogens (tertiary/aromatic N) is 1. The minimum atomic E-state index is -0.113. The van der Waals surface area contributed by atoms with E-state index in [1.54, 1.807) is 11.3 Å². The second kappa shape index (κ2) is 5.08. The minimum absolute atomic E-state index is 0.113. The van der Waals surface area contributed by atoms with Gasteiger partial charge in [0.15, 0.2) is 0 Å². The van der Waals surface area contributed by atoms with Gasteiger partial charge in [0.05, 0.1) is 12.0 Å². The highest BCUT2D eigenvalue weighted by molar-refractivity contribution is 9.10. The average molecular weight is 317 g/mol. The van der Waals surface area contributed by atoms with Crippen LogP contribution >= 0.6 is 27.3 Å². The van der Waals surface area contributed by atoms with E-state index >= 15 is 0 Å². The van der Waals surface area contributed by atoms with Gasteiger partial charge in [-0.15, -0.1) is 11.3 Å². The van der Waals surface area contributed by atoms with Crippen molar-refractivity contribution < 1.29 is 4.79 Å². The van der Waals surface area contributed by atoms with Crippen LogP contribution in [-0.2, 0) is 11.3 Å². The van der Waals surface area contributed by atoms with E-state index in [0.29, 0.717) is 6.54 Å². The van der Waals surface area contributed by atoms with Crippen molar-refractivity contribution in [3.63, 3.8) is 0 Å². The van der Waals surface area contributed by atoms with E-state index in [1.807, 2.05) is 24.4 Å². The highest BCUT2D eigenvalue weighted by Gasteiger charge is 2.50. The summed E-state index contributed by atoms with van der Waals surface area (Å²) in [6.07, 6.45) is 2.04. The molecule has 5 heteroatoms. The molecule has 0 bridgehead atoms. The monoisotopic (exact) mass is 316 g/mol. The molecule has 1 fully saturated rings. The van der Waals surface area contributed by atoms with E-state index < -0.39 is 0 Å². The largest absolute Gasteiger partial charge is 0.340 e. The molecule has 3 nitrogen and oxygen atoms in total. The van der Waals surface area contributed by atoms with Crippen LogP contribution in [0.15, 0.2) is 15.9 Å². The smallest absolute Gasteiger partial charge is 0.230 e. The fraction of sp³-hybridized carbons (Fsp3) is 0.583. The van der Waals surface area contributed by atoms with Crippen LogP contribution in [0, 0.1) is 5.41 Å². The highest BCUT2D eigenvalue weighted by atomic mass is 79.9. The Labute approximate surface area is 114 Å². The van der Waals surface area contributed by atoms with E-state index in [0.717, 1.165) is 23.9 Å². The van der Waals surface area contributed by atoms with Crippen molar-refractivity contribution in [2.75, 3.05) is 20.6 Å². The van der Waals surface area contributed by atoms with Crippen molar-refractivity contribution in [2.45, 2.75) is 19.4 Å². The third-order valence-corrected chi connectivity index (χ3v) is 4.87. The van der Waals surface area contributed by atoms with Crippen molar-refractivity contribution in [3.8, 4) is 0 Å². The standard InChI is InChI=1S/C12H17BrN2OS/c1-14-8-12(3-4-12)11(16)15(2)6-10-5-9(13)7-17-10/h5,7,14H,3-4,6,8H2,1-2H3. The Morgan fingerprint density at radius 1 is 1.65 bits per heavy atom. The second-order valence-corrected chi connectivity index (χ2v) is 6.61. The van der Waals surface area contributed by atoms with Gasteiger partial charge in [-0.25, -0.2) is 0 Å². The Morgan fingerprint density at radius 3 is 2.82 bits per heavy atom. The molecule has 1 saturated carbocycles.